The second-order valence-corrected chi connectivity index (χ2v) is 8.58. The number of hydrogen-bond acceptors (Lipinski definition) is 1. The van der Waals surface area contributed by atoms with Crippen LogP contribution in [0.4, 0.5) is 0 Å². The topological polar surface area (TPSA) is 26.0 Å². The summed E-state index contributed by atoms with van der Waals surface area (Å²) in [5.41, 5.74) is 7.01. The predicted molar refractivity (Wildman–Crippen MR) is 105 cm³/mol. The Morgan fingerprint density at radius 1 is 0.870 bits per heavy atom. The van der Waals surface area contributed by atoms with Gasteiger partial charge in [-0.3, -0.25) is 0 Å². The highest BCUT2D eigenvalue weighted by molar-refractivity contribution is 4.91. The summed E-state index contributed by atoms with van der Waals surface area (Å²) < 4.78 is 0. The zero-order chi connectivity index (χ0) is 17.0. The first kappa shape index (κ1) is 21.0. The van der Waals surface area contributed by atoms with Crippen molar-refractivity contribution in [3.8, 4) is 0 Å². The average molecular weight is 324 g/mol. The molecule has 0 amide bonds. The first-order chi connectivity index (χ1) is 11.1. The summed E-state index contributed by atoms with van der Waals surface area (Å²) in [6.07, 6.45) is 22.5. The largest absolute Gasteiger partial charge is 0.327 e. The summed E-state index contributed by atoms with van der Waals surface area (Å²) in [7, 11) is 0. The summed E-state index contributed by atoms with van der Waals surface area (Å²) in [5, 5.41) is 0. The zero-order valence-electron chi connectivity index (χ0n) is 16.5. The van der Waals surface area contributed by atoms with E-state index in [-0.39, 0.29) is 0 Å². The molecule has 0 heterocycles. The van der Waals surface area contributed by atoms with Gasteiger partial charge in [-0.2, -0.15) is 0 Å². The van der Waals surface area contributed by atoms with Gasteiger partial charge in [0.2, 0.25) is 0 Å². The monoisotopic (exact) mass is 323 g/mol. The summed E-state index contributed by atoms with van der Waals surface area (Å²) in [4.78, 5) is 0. The maximum atomic E-state index is 6.59. The smallest absolute Gasteiger partial charge is 0.00954 e. The van der Waals surface area contributed by atoms with Gasteiger partial charge in [0.15, 0.2) is 0 Å². The minimum atomic E-state index is 0.413. The van der Waals surface area contributed by atoms with Gasteiger partial charge in [0, 0.05) is 6.04 Å². The van der Waals surface area contributed by atoms with E-state index in [1.807, 2.05) is 0 Å². The quantitative estimate of drug-likeness (QED) is 0.355. The van der Waals surface area contributed by atoms with Crippen LogP contribution >= 0.6 is 0 Å². The molecule has 3 atom stereocenters. The molecule has 1 saturated carbocycles. The molecule has 0 bridgehead atoms. The zero-order valence-corrected chi connectivity index (χ0v) is 16.5. The lowest BCUT2D eigenvalue weighted by molar-refractivity contribution is 0.0896. The highest BCUT2D eigenvalue weighted by Crippen LogP contribution is 2.43. The van der Waals surface area contributed by atoms with Crippen molar-refractivity contribution in [3.63, 3.8) is 0 Å². The van der Waals surface area contributed by atoms with E-state index >= 15 is 0 Å². The van der Waals surface area contributed by atoms with Crippen molar-refractivity contribution in [2.45, 2.75) is 130 Å². The Balaban J connectivity index is 1.96. The number of nitrogens with two attached hydrogens (primary N) is 1. The van der Waals surface area contributed by atoms with Crippen LogP contribution in [0.15, 0.2) is 0 Å². The minimum absolute atomic E-state index is 0.413. The molecule has 1 aliphatic rings. The Labute approximate surface area is 147 Å². The van der Waals surface area contributed by atoms with Crippen LogP contribution < -0.4 is 5.73 Å². The van der Waals surface area contributed by atoms with Crippen LogP contribution in [0.1, 0.15) is 124 Å². The summed E-state index contributed by atoms with van der Waals surface area (Å²) in [5.74, 6) is 0.818. The van der Waals surface area contributed by atoms with E-state index in [2.05, 4.69) is 20.8 Å². The standard InChI is InChI=1S/C22H45N/c1-4-5-6-7-8-9-10-11-12-13-14-18-21(23)22(3)19-16-15-17-20(22)2/h20-21H,4-19,23H2,1-3H3. The predicted octanol–water partition coefficient (Wildman–Crippen LogP) is 7.23. The molecule has 1 rings (SSSR count). The van der Waals surface area contributed by atoms with Crippen molar-refractivity contribution in [3.05, 3.63) is 0 Å². The maximum absolute atomic E-state index is 6.59. The van der Waals surface area contributed by atoms with E-state index in [1.165, 1.54) is 103 Å². The highest BCUT2D eigenvalue weighted by atomic mass is 14.7. The molecule has 1 aliphatic carbocycles. The SMILES string of the molecule is CCCCCCCCCCCCCC(N)C1(C)CCCCC1C. The van der Waals surface area contributed by atoms with Crippen molar-refractivity contribution in [2.75, 3.05) is 0 Å². The molecule has 1 fully saturated rings. The highest BCUT2D eigenvalue weighted by Gasteiger charge is 2.38. The first-order valence-corrected chi connectivity index (χ1v) is 10.9. The molecule has 0 aromatic heterocycles. The van der Waals surface area contributed by atoms with Crippen LogP contribution in [-0.4, -0.2) is 6.04 Å². The molecular weight excluding hydrogens is 278 g/mol. The van der Waals surface area contributed by atoms with E-state index in [1.54, 1.807) is 0 Å². The van der Waals surface area contributed by atoms with Crippen LogP contribution in [0.25, 0.3) is 0 Å². The Morgan fingerprint density at radius 2 is 1.39 bits per heavy atom. The molecule has 1 heteroatoms. The Bertz CT molecular complexity index is 275. The van der Waals surface area contributed by atoms with Crippen LogP contribution in [0, 0.1) is 11.3 Å². The van der Waals surface area contributed by atoms with E-state index in [0.29, 0.717) is 11.5 Å². The first-order valence-electron chi connectivity index (χ1n) is 10.9. The van der Waals surface area contributed by atoms with Crippen molar-refractivity contribution < 1.29 is 0 Å². The van der Waals surface area contributed by atoms with E-state index in [0.717, 1.165) is 5.92 Å². The molecule has 0 spiro atoms. The Morgan fingerprint density at radius 3 is 1.91 bits per heavy atom. The van der Waals surface area contributed by atoms with Crippen LogP contribution in [0.5, 0.6) is 0 Å². The third-order valence-electron chi connectivity index (χ3n) is 6.69. The third-order valence-corrected chi connectivity index (χ3v) is 6.69. The lowest BCUT2D eigenvalue weighted by Crippen LogP contribution is -2.45. The fourth-order valence-electron chi connectivity index (χ4n) is 4.44. The maximum Gasteiger partial charge on any atom is 0.00954 e. The summed E-state index contributed by atoms with van der Waals surface area (Å²) in [6.45, 7) is 7.18. The van der Waals surface area contributed by atoms with Crippen LogP contribution in [0.3, 0.4) is 0 Å². The van der Waals surface area contributed by atoms with Gasteiger partial charge in [-0.25, -0.2) is 0 Å². The minimum Gasteiger partial charge on any atom is -0.327 e. The molecule has 2 N–H and O–H groups in total. The van der Waals surface area contributed by atoms with E-state index < -0.39 is 0 Å². The lowest BCUT2D eigenvalue weighted by atomic mass is 9.63. The second kappa shape index (κ2) is 12.3. The average Bonchev–Trinajstić information content (AvgIpc) is 2.55. The number of hydrogen-bond donors (Lipinski definition) is 1. The molecular formula is C22H45N. The summed E-state index contributed by atoms with van der Waals surface area (Å²) >= 11 is 0. The van der Waals surface area contributed by atoms with Gasteiger partial charge in [0.05, 0.1) is 0 Å². The molecule has 0 aromatic rings. The van der Waals surface area contributed by atoms with Gasteiger partial charge in [-0.1, -0.05) is 111 Å². The van der Waals surface area contributed by atoms with Gasteiger partial charge in [0.1, 0.15) is 0 Å². The van der Waals surface area contributed by atoms with E-state index in [4.69, 9.17) is 5.73 Å². The molecule has 138 valence electrons. The van der Waals surface area contributed by atoms with Crippen LogP contribution in [-0.2, 0) is 0 Å². The van der Waals surface area contributed by atoms with Crippen molar-refractivity contribution in [1.82, 2.24) is 0 Å². The Hall–Kier alpha value is -0.0400. The normalized spacial score (nSPS) is 26.3. The molecule has 3 unspecified atom stereocenters. The van der Waals surface area contributed by atoms with E-state index in [9.17, 15) is 0 Å². The summed E-state index contributed by atoms with van der Waals surface area (Å²) in [6, 6.07) is 0.427. The Kier molecular flexibility index (Phi) is 11.3. The molecule has 0 aliphatic heterocycles. The van der Waals surface area contributed by atoms with Crippen molar-refractivity contribution in [1.29, 1.82) is 0 Å². The molecule has 23 heavy (non-hydrogen) atoms. The van der Waals surface area contributed by atoms with Gasteiger partial charge >= 0.3 is 0 Å². The number of rotatable bonds is 13. The van der Waals surface area contributed by atoms with Gasteiger partial charge in [-0.15, -0.1) is 0 Å². The lowest BCUT2D eigenvalue weighted by Gasteiger charge is -2.44. The molecule has 0 radical (unpaired) electrons. The molecule has 0 saturated heterocycles. The van der Waals surface area contributed by atoms with Gasteiger partial charge < -0.3 is 5.73 Å². The van der Waals surface area contributed by atoms with Crippen LogP contribution in [0.2, 0.25) is 0 Å². The van der Waals surface area contributed by atoms with Crippen molar-refractivity contribution in [2.24, 2.45) is 17.1 Å². The third kappa shape index (κ3) is 8.05. The van der Waals surface area contributed by atoms with Crippen molar-refractivity contribution >= 4 is 0 Å². The van der Waals surface area contributed by atoms with Gasteiger partial charge in [0.25, 0.3) is 0 Å². The second-order valence-electron chi connectivity index (χ2n) is 8.58. The molecule has 0 aromatic carbocycles. The number of unbranched alkanes of at least 4 members (excludes halogenated alkanes) is 10. The molecule has 1 nitrogen and oxygen atoms in total. The fourth-order valence-corrected chi connectivity index (χ4v) is 4.44. The fraction of sp³-hybridized carbons (Fsp3) is 1.00. The van der Waals surface area contributed by atoms with Gasteiger partial charge in [-0.05, 0) is 24.2 Å².